The van der Waals surface area contributed by atoms with Crippen LogP contribution in [-0.4, -0.2) is 11.3 Å². The minimum absolute atomic E-state index is 0.119. The van der Waals surface area contributed by atoms with Gasteiger partial charge in [-0.3, -0.25) is 0 Å². The molecular formula is C8H4BrF3N2O. The highest BCUT2D eigenvalue weighted by Crippen LogP contribution is 2.24. The van der Waals surface area contributed by atoms with Gasteiger partial charge in [-0.25, -0.2) is 4.98 Å². The summed E-state index contributed by atoms with van der Waals surface area (Å²) in [5.74, 6) is -0.441. The molecule has 1 rings (SSSR count). The molecule has 0 saturated carbocycles. The van der Waals surface area contributed by atoms with E-state index in [1.165, 1.54) is 0 Å². The summed E-state index contributed by atoms with van der Waals surface area (Å²) in [5.41, 5.74) is 0.180. The summed E-state index contributed by atoms with van der Waals surface area (Å²) in [6, 6.07) is 3.69. The summed E-state index contributed by atoms with van der Waals surface area (Å²) in [5, 5.41) is 8.76. The van der Waals surface area contributed by atoms with Crippen LogP contribution in [-0.2, 0) is 5.33 Å². The Morgan fingerprint density at radius 1 is 1.47 bits per heavy atom. The zero-order valence-electron chi connectivity index (χ0n) is 7.18. The van der Waals surface area contributed by atoms with E-state index >= 15 is 0 Å². The average Bonchev–Trinajstić information content (AvgIpc) is 2.14. The molecule has 0 spiro atoms. The summed E-state index contributed by atoms with van der Waals surface area (Å²) >= 11 is 3.03. The van der Waals surface area contributed by atoms with E-state index in [1.54, 1.807) is 6.07 Å². The van der Waals surface area contributed by atoms with Crippen LogP contribution in [0.1, 0.15) is 11.4 Å². The van der Waals surface area contributed by atoms with Crippen molar-refractivity contribution in [3.05, 3.63) is 23.5 Å². The zero-order chi connectivity index (χ0) is 11.5. The summed E-state index contributed by atoms with van der Waals surface area (Å²) in [7, 11) is 0. The van der Waals surface area contributed by atoms with Gasteiger partial charge in [0.15, 0.2) is 0 Å². The number of nitriles is 1. The van der Waals surface area contributed by atoms with Crippen LogP contribution in [0.4, 0.5) is 13.2 Å². The molecule has 0 aliphatic rings. The number of halogens is 4. The fraction of sp³-hybridized carbons (Fsp3) is 0.250. The van der Waals surface area contributed by atoms with Gasteiger partial charge in [0, 0.05) is 17.5 Å². The van der Waals surface area contributed by atoms with Crippen LogP contribution in [0.3, 0.4) is 0 Å². The molecule has 80 valence electrons. The van der Waals surface area contributed by atoms with Crippen LogP contribution in [0, 0.1) is 11.3 Å². The highest BCUT2D eigenvalue weighted by molar-refractivity contribution is 9.08. The molecule has 0 amide bonds. The Hall–Kier alpha value is -1.29. The Morgan fingerprint density at radius 3 is 2.60 bits per heavy atom. The third-order valence-electron chi connectivity index (χ3n) is 1.34. The van der Waals surface area contributed by atoms with Crippen LogP contribution < -0.4 is 4.74 Å². The molecule has 0 fully saturated rings. The first-order chi connectivity index (χ1) is 6.94. The van der Waals surface area contributed by atoms with Crippen LogP contribution in [0.15, 0.2) is 12.1 Å². The lowest BCUT2D eigenvalue weighted by atomic mass is 10.3. The Labute approximate surface area is 91.6 Å². The molecule has 3 nitrogen and oxygen atoms in total. The normalized spacial score (nSPS) is 10.9. The Kier molecular flexibility index (Phi) is 3.52. The van der Waals surface area contributed by atoms with Crippen LogP contribution >= 0.6 is 15.9 Å². The van der Waals surface area contributed by atoms with Crippen molar-refractivity contribution in [2.24, 2.45) is 0 Å². The smallest absolute Gasteiger partial charge is 0.406 e. The first-order valence-corrected chi connectivity index (χ1v) is 4.79. The number of hydrogen-bond acceptors (Lipinski definition) is 3. The van der Waals surface area contributed by atoms with E-state index in [0.29, 0.717) is 5.69 Å². The second-order valence-corrected chi connectivity index (χ2v) is 3.03. The van der Waals surface area contributed by atoms with E-state index in [4.69, 9.17) is 5.26 Å². The van der Waals surface area contributed by atoms with Crippen molar-refractivity contribution < 1.29 is 17.9 Å². The second-order valence-electron chi connectivity index (χ2n) is 2.47. The molecule has 0 aromatic carbocycles. The lowest BCUT2D eigenvalue weighted by Gasteiger charge is -2.09. The van der Waals surface area contributed by atoms with Crippen molar-refractivity contribution in [1.29, 1.82) is 5.26 Å². The number of rotatable bonds is 2. The molecule has 0 N–H and O–H groups in total. The lowest BCUT2D eigenvalue weighted by Crippen LogP contribution is -2.17. The molecular weight excluding hydrogens is 277 g/mol. The molecule has 0 unspecified atom stereocenters. The predicted octanol–water partition coefficient (Wildman–Crippen LogP) is 2.75. The highest BCUT2D eigenvalue weighted by atomic mass is 79.9. The SMILES string of the molecule is N#Cc1cc(OC(F)(F)F)cc(CBr)n1. The Balaban J connectivity index is 3.03. The Morgan fingerprint density at radius 2 is 2.13 bits per heavy atom. The fourth-order valence-corrected chi connectivity index (χ4v) is 1.17. The monoisotopic (exact) mass is 280 g/mol. The second kappa shape index (κ2) is 4.49. The summed E-state index contributed by atoms with van der Waals surface area (Å²) in [6.07, 6.45) is -4.77. The van der Waals surface area contributed by atoms with Gasteiger partial charge in [-0.05, 0) is 0 Å². The summed E-state index contributed by atoms with van der Waals surface area (Å²) < 4.78 is 39.3. The molecule has 1 aromatic rings. The van der Waals surface area contributed by atoms with E-state index < -0.39 is 12.1 Å². The first kappa shape index (κ1) is 11.8. The number of nitrogens with zero attached hydrogens (tertiary/aromatic N) is 2. The molecule has 0 saturated heterocycles. The largest absolute Gasteiger partial charge is 0.573 e. The van der Waals surface area contributed by atoms with E-state index in [0.717, 1.165) is 12.1 Å². The molecule has 1 aromatic heterocycles. The Bertz CT molecular complexity index is 400. The third-order valence-corrected chi connectivity index (χ3v) is 1.91. The van der Waals surface area contributed by atoms with Crippen molar-refractivity contribution in [3.63, 3.8) is 0 Å². The minimum Gasteiger partial charge on any atom is -0.406 e. The van der Waals surface area contributed by atoms with E-state index in [-0.39, 0.29) is 11.0 Å². The lowest BCUT2D eigenvalue weighted by molar-refractivity contribution is -0.274. The van der Waals surface area contributed by atoms with E-state index in [1.807, 2.05) is 0 Å². The maximum absolute atomic E-state index is 11.9. The standard InChI is InChI=1S/C8H4BrF3N2O/c9-3-5-1-7(15-8(10,11)12)2-6(4-13)14-5/h1-2H,3H2. The number of pyridine rings is 1. The minimum atomic E-state index is -4.77. The predicted molar refractivity (Wildman–Crippen MR) is 48.3 cm³/mol. The van der Waals surface area contributed by atoms with Gasteiger partial charge in [0.1, 0.15) is 17.5 Å². The van der Waals surface area contributed by atoms with Gasteiger partial charge in [0.05, 0.1) is 5.69 Å². The van der Waals surface area contributed by atoms with Crippen LogP contribution in [0.5, 0.6) is 5.75 Å². The maximum atomic E-state index is 11.9. The number of aromatic nitrogens is 1. The van der Waals surface area contributed by atoms with Crippen LogP contribution in [0.2, 0.25) is 0 Å². The molecule has 0 atom stereocenters. The maximum Gasteiger partial charge on any atom is 0.573 e. The average molecular weight is 281 g/mol. The van der Waals surface area contributed by atoms with Crippen molar-refractivity contribution in [2.45, 2.75) is 11.7 Å². The number of ether oxygens (including phenoxy) is 1. The molecule has 0 aliphatic carbocycles. The van der Waals surface area contributed by atoms with Crippen molar-refractivity contribution in [2.75, 3.05) is 0 Å². The molecule has 7 heteroatoms. The highest BCUT2D eigenvalue weighted by Gasteiger charge is 2.31. The van der Waals surface area contributed by atoms with Gasteiger partial charge < -0.3 is 4.74 Å². The number of hydrogen-bond donors (Lipinski definition) is 0. The summed E-state index contributed by atoms with van der Waals surface area (Å²) in [6.45, 7) is 0. The van der Waals surface area contributed by atoms with Gasteiger partial charge in [-0.1, -0.05) is 15.9 Å². The van der Waals surface area contributed by atoms with Gasteiger partial charge in [0.2, 0.25) is 0 Å². The molecule has 15 heavy (non-hydrogen) atoms. The quantitative estimate of drug-likeness (QED) is 0.783. The van der Waals surface area contributed by atoms with Crippen molar-refractivity contribution >= 4 is 15.9 Å². The van der Waals surface area contributed by atoms with Gasteiger partial charge >= 0.3 is 6.36 Å². The molecule has 0 radical (unpaired) electrons. The van der Waals surface area contributed by atoms with Gasteiger partial charge in [0.25, 0.3) is 0 Å². The van der Waals surface area contributed by atoms with Gasteiger partial charge in [-0.2, -0.15) is 5.26 Å². The van der Waals surface area contributed by atoms with E-state index in [2.05, 4.69) is 25.7 Å². The van der Waals surface area contributed by atoms with Crippen LogP contribution in [0.25, 0.3) is 0 Å². The van der Waals surface area contributed by atoms with Crippen molar-refractivity contribution in [3.8, 4) is 11.8 Å². The summed E-state index contributed by atoms with van der Waals surface area (Å²) in [4.78, 5) is 3.75. The molecule has 0 bridgehead atoms. The first-order valence-electron chi connectivity index (χ1n) is 3.67. The van der Waals surface area contributed by atoms with E-state index in [9.17, 15) is 13.2 Å². The third kappa shape index (κ3) is 3.75. The molecule has 1 heterocycles. The number of alkyl halides is 4. The molecule has 0 aliphatic heterocycles. The topological polar surface area (TPSA) is 45.9 Å². The fourth-order valence-electron chi connectivity index (χ4n) is 0.878. The van der Waals surface area contributed by atoms with Gasteiger partial charge in [-0.15, -0.1) is 13.2 Å². The zero-order valence-corrected chi connectivity index (χ0v) is 8.76. The van der Waals surface area contributed by atoms with Crippen molar-refractivity contribution in [1.82, 2.24) is 4.98 Å².